The van der Waals surface area contributed by atoms with Crippen molar-refractivity contribution in [1.82, 2.24) is 14.5 Å². The molecule has 0 aliphatic heterocycles. The average Bonchev–Trinajstić information content (AvgIpc) is 2.67. The number of nitrogens with zero attached hydrogens (tertiary/aromatic N) is 2. The zero-order valence-corrected chi connectivity index (χ0v) is 14.9. The van der Waals surface area contributed by atoms with E-state index in [-0.39, 0.29) is 18.2 Å². The second-order valence-corrected chi connectivity index (χ2v) is 6.69. The van der Waals surface area contributed by atoms with Gasteiger partial charge in [0.2, 0.25) is 0 Å². The zero-order valence-electron chi connectivity index (χ0n) is 14.9. The first kappa shape index (κ1) is 17.4. The number of benzene rings is 1. The topological polar surface area (TPSA) is 94.1 Å². The number of aromatic amines is 1. The van der Waals surface area contributed by atoms with Crippen LogP contribution in [0.1, 0.15) is 33.8 Å². The van der Waals surface area contributed by atoms with Crippen molar-refractivity contribution < 1.29 is 9.53 Å². The van der Waals surface area contributed by atoms with Crippen LogP contribution in [0.3, 0.4) is 0 Å². The molecule has 2 aromatic heterocycles. The number of Topliss-reactive ketones (excluding diaryl/α,β-unsaturated/α-hetero) is 1. The summed E-state index contributed by atoms with van der Waals surface area (Å²) in [4.78, 5) is 44.2. The molecule has 0 radical (unpaired) electrons. The van der Waals surface area contributed by atoms with Crippen molar-refractivity contribution in [3.05, 3.63) is 74.1 Å². The minimum absolute atomic E-state index is 0.00412. The van der Waals surface area contributed by atoms with Crippen molar-refractivity contribution in [1.29, 1.82) is 0 Å². The van der Waals surface area contributed by atoms with Crippen molar-refractivity contribution >= 4 is 16.8 Å². The largest absolute Gasteiger partial charge is 0.383 e. The number of carbonyl (C=O) groups excluding carboxylic acids is 1. The number of rotatable bonds is 4. The normalized spacial score (nSPS) is 16.5. The van der Waals surface area contributed by atoms with E-state index in [1.165, 1.54) is 17.9 Å². The highest BCUT2D eigenvalue weighted by Crippen LogP contribution is 2.34. The monoisotopic (exact) mass is 365 g/mol. The van der Waals surface area contributed by atoms with Gasteiger partial charge >= 0.3 is 5.69 Å². The highest BCUT2D eigenvalue weighted by atomic mass is 16.5. The number of fused-ring (bicyclic) bond motifs is 3. The molecular weight excluding hydrogens is 346 g/mol. The minimum Gasteiger partial charge on any atom is -0.383 e. The Bertz CT molecular complexity index is 1130. The number of nitrogens with one attached hydrogen (secondary N) is 1. The molecule has 138 valence electrons. The van der Waals surface area contributed by atoms with Crippen LogP contribution in [0.4, 0.5) is 0 Å². The van der Waals surface area contributed by atoms with E-state index in [4.69, 9.17) is 4.74 Å². The van der Waals surface area contributed by atoms with Crippen molar-refractivity contribution in [3.8, 4) is 0 Å². The molecule has 1 aliphatic rings. The molecule has 1 N–H and O–H groups in total. The molecule has 0 bridgehead atoms. The lowest BCUT2D eigenvalue weighted by molar-refractivity contribution is 0.0964. The Morgan fingerprint density at radius 1 is 1.19 bits per heavy atom. The van der Waals surface area contributed by atoms with Crippen LogP contribution in [0, 0.1) is 0 Å². The summed E-state index contributed by atoms with van der Waals surface area (Å²) in [6.07, 6.45) is 2.42. The van der Waals surface area contributed by atoms with E-state index < -0.39 is 11.2 Å². The summed E-state index contributed by atoms with van der Waals surface area (Å²) >= 11 is 0. The Morgan fingerprint density at radius 3 is 2.70 bits per heavy atom. The summed E-state index contributed by atoms with van der Waals surface area (Å²) in [6, 6.07) is 9.79. The van der Waals surface area contributed by atoms with Gasteiger partial charge < -0.3 is 4.74 Å². The SMILES string of the molecule is COCCn1c(=O)[nH]c(=O)c2c3c(cnc21)C(=O)CC(c1ccccc1)C3. The zero-order chi connectivity index (χ0) is 19.0. The molecule has 1 unspecified atom stereocenters. The number of methoxy groups -OCH3 is 1. The molecule has 7 nitrogen and oxygen atoms in total. The molecule has 1 aromatic carbocycles. The first-order valence-electron chi connectivity index (χ1n) is 8.82. The predicted molar refractivity (Wildman–Crippen MR) is 100 cm³/mol. The number of carbonyl (C=O) groups is 1. The Labute approximate surface area is 154 Å². The van der Waals surface area contributed by atoms with Gasteiger partial charge in [0.15, 0.2) is 5.78 Å². The quantitative estimate of drug-likeness (QED) is 0.759. The van der Waals surface area contributed by atoms with Crippen molar-refractivity contribution in [2.45, 2.75) is 25.3 Å². The third-order valence-electron chi connectivity index (χ3n) is 5.09. The summed E-state index contributed by atoms with van der Waals surface area (Å²) in [6.45, 7) is 0.579. The molecule has 27 heavy (non-hydrogen) atoms. The van der Waals surface area contributed by atoms with Gasteiger partial charge in [-0.1, -0.05) is 30.3 Å². The fourth-order valence-electron chi connectivity index (χ4n) is 3.76. The van der Waals surface area contributed by atoms with Crippen LogP contribution >= 0.6 is 0 Å². The van der Waals surface area contributed by atoms with E-state index in [9.17, 15) is 14.4 Å². The smallest absolute Gasteiger partial charge is 0.330 e. The molecule has 1 atom stereocenters. The maximum atomic E-state index is 12.7. The van der Waals surface area contributed by atoms with Crippen LogP contribution in [0.25, 0.3) is 11.0 Å². The van der Waals surface area contributed by atoms with Crippen LogP contribution in [0.5, 0.6) is 0 Å². The summed E-state index contributed by atoms with van der Waals surface area (Å²) in [7, 11) is 1.54. The number of pyridine rings is 1. The number of H-pyrrole nitrogens is 1. The lowest BCUT2D eigenvalue weighted by Crippen LogP contribution is -2.33. The van der Waals surface area contributed by atoms with E-state index in [0.29, 0.717) is 41.6 Å². The summed E-state index contributed by atoms with van der Waals surface area (Å²) in [5, 5.41) is 0.317. The Morgan fingerprint density at radius 2 is 1.96 bits per heavy atom. The molecule has 0 saturated carbocycles. The number of hydrogen-bond acceptors (Lipinski definition) is 5. The van der Waals surface area contributed by atoms with E-state index in [1.54, 1.807) is 0 Å². The van der Waals surface area contributed by atoms with Gasteiger partial charge in [-0.2, -0.15) is 0 Å². The van der Waals surface area contributed by atoms with Gasteiger partial charge in [-0.15, -0.1) is 0 Å². The second kappa shape index (κ2) is 6.92. The number of ketones is 1. The highest BCUT2D eigenvalue weighted by molar-refractivity contribution is 6.02. The molecular formula is C20H19N3O4. The van der Waals surface area contributed by atoms with Crippen molar-refractivity contribution in [2.24, 2.45) is 0 Å². The van der Waals surface area contributed by atoms with Crippen LogP contribution in [-0.2, 0) is 17.7 Å². The summed E-state index contributed by atoms with van der Waals surface area (Å²) in [5.74, 6) is -0.0379. The number of aromatic nitrogens is 3. The fraction of sp³-hybridized carbons (Fsp3) is 0.300. The molecule has 2 heterocycles. The third kappa shape index (κ3) is 3.00. The first-order chi connectivity index (χ1) is 13.1. The van der Waals surface area contributed by atoms with Crippen molar-refractivity contribution in [3.63, 3.8) is 0 Å². The van der Waals surface area contributed by atoms with Crippen LogP contribution in [0.2, 0.25) is 0 Å². The summed E-state index contributed by atoms with van der Waals surface area (Å²) < 4.78 is 6.44. The predicted octanol–water partition coefficient (Wildman–Crippen LogP) is 1.64. The van der Waals surface area contributed by atoms with Gasteiger partial charge in [-0.25, -0.2) is 9.78 Å². The average molecular weight is 365 g/mol. The summed E-state index contributed by atoms with van der Waals surface area (Å²) in [5.41, 5.74) is 1.45. The van der Waals surface area contributed by atoms with Gasteiger partial charge in [0.1, 0.15) is 5.65 Å². The van der Waals surface area contributed by atoms with Crippen LogP contribution in [-0.4, -0.2) is 34.0 Å². The highest BCUT2D eigenvalue weighted by Gasteiger charge is 2.29. The molecule has 0 spiro atoms. The molecule has 7 heteroatoms. The lowest BCUT2D eigenvalue weighted by atomic mass is 9.79. The van der Waals surface area contributed by atoms with Gasteiger partial charge in [0, 0.05) is 25.3 Å². The third-order valence-corrected chi connectivity index (χ3v) is 5.09. The molecule has 1 aliphatic carbocycles. The maximum absolute atomic E-state index is 12.7. The van der Waals surface area contributed by atoms with E-state index >= 15 is 0 Å². The fourth-order valence-corrected chi connectivity index (χ4v) is 3.76. The van der Waals surface area contributed by atoms with E-state index in [0.717, 1.165) is 5.56 Å². The molecule has 4 rings (SSSR count). The molecule has 0 saturated heterocycles. The van der Waals surface area contributed by atoms with Crippen LogP contribution in [0.15, 0.2) is 46.1 Å². The molecule has 0 fully saturated rings. The Balaban J connectivity index is 1.92. The Kier molecular flexibility index (Phi) is 4.45. The lowest BCUT2D eigenvalue weighted by Gasteiger charge is -2.25. The second-order valence-electron chi connectivity index (χ2n) is 6.69. The standard InChI is InChI=1S/C20H19N3O4/c1-27-8-7-23-18-17(19(25)22-20(23)26)14-9-13(12-5-3-2-4-6-12)10-16(24)15(14)11-21-18/h2-6,11,13H,7-10H2,1H3,(H,22,25,26). The number of hydrogen-bond donors (Lipinski definition) is 1. The van der Waals surface area contributed by atoms with Gasteiger partial charge in [0.25, 0.3) is 5.56 Å². The van der Waals surface area contributed by atoms with Gasteiger partial charge in [0.05, 0.1) is 18.5 Å². The van der Waals surface area contributed by atoms with E-state index in [1.807, 2.05) is 30.3 Å². The molecule has 3 aromatic rings. The number of ether oxygens (including phenoxy) is 1. The van der Waals surface area contributed by atoms with Gasteiger partial charge in [-0.05, 0) is 23.5 Å². The maximum Gasteiger partial charge on any atom is 0.330 e. The first-order valence-corrected chi connectivity index (χ1v) is 8.82. The Hall–Kier alpha value is -3.06. The van der Waals surface area contributed by atoms with Gasteiger partial charge in [-0.3, -0.25) is 19.1 Å². The molecule has 0 amide bonds. The van der Waals surface area contributed by atoms with Crippen molar-refractivity contribution in [2.75, 3.05) is 13.7 Å². The van der Waals surface area contributed by atoms with Crippen LogP contribution < -0.4 is 11.2 Å². The van der Waals surface area contributed by atoms with E-state index in [2.05, 4.69) is 9.97 Å². The minimum atomic E-state index is -0.529.